The van der Waals surface area contributed by atoms with Gasteiger partial charge in [-0.05, 0) is 49.8 Å². The van der Waals surface area contributed by atoms with Crippen LogP contribution in [0.2, 0.25) is 0 Å². The summed E-state index contributed by atoms with van der Waals surface area (Å²) in [4.78, 5) is 30.0. The third-order valence-corrected chi connectivity index (χ3v) is 5.71. The fourth-order valence-corrected chi connectivity index (χ4v) is 3.87. The first-order chi connectivity index (χ1) is 16.3. The largest absolute Gasteiger partial charge is 0.419 e. The predicted molar refractivity (Wildman–Crippen MR) is 119 cm³/mol. The zero-order valence-corrected chi connectivity index (χ0v) is 19.0. The van der Waals surface area contributed by atoms with Crippen LogP contribution in [0, 0.1) is 17.1 Å². The first kappa shape index (κ1) is 25.7. The van der Waals surface area contributed by atoms with Gasteiger partial charge in [-0.1, -0.05) is 12.1 Å². The van der Waals surface area contributed by atoms with Gasteiger partial charge in [0.15, 0.2) is 10.8 Å². The minimum atomic E-state index is -4.88. The average molecular weight is 507 g/mol. The number of alkyl halides is 3. The standard InChI is InChI=1S/C22H17F4N5O3S/c1-21(2)19(33)31(14-8-15(22(24,25)26)17(9-27)28-10-14)20(35)30(21)11-13-5-3-12(7-16(13)23)4-6-18(32)29-34/h3-8,10,34H,11H2,1-2H3,(H,29,32)/b6-4+. The highest BCUT2D eigenvalue weighted by Gasteiger charge is 2.50. The summed E-state index contributed by atoms with van der Waals surface area (Å²) >= 11 is 5.37. The maximum Gasteiger partial charge on any atom is 0.419 e. The first-order valence-corrected chi connectivity index (χ1v) is 10.3. The molecule has 35 heavy (non-hydrogen) atoms. The van der Waals surface area contributed by atoms with Crippen LogP contribution in [-0.4, -0.2) is 37.6 Å². The Morgan fingerprint density at radius 2 is 2.03 bits per heavy atom. The number of carbonyl (C=O) groups excluding carboxylic acids is 2. The molecule has 0 spiro atoms. The number of carbonyl (C=O) groups is 2. The molecule has 0 aliphatic carbocycles. The monoisotopic (exact) mass is 507 g/mol. The lowest BCUT2D eigenvalue weighted by molar-refractivity contribution is -0.138. The van der Waals surface area contributed by atoms with Crippen molar-refractivity contribution in [2.24, 2.45) is 0 Å². The van der Waals surface area contributed by atoms with Gasteiger partial charge in [0, 0.05) is 18.2 Å². The van der Waals surface area contributed by atoms with Gasteiger partial charge in [-0.3, -0.25) is 19.7 Å². The van der Waals surface area contributed by atoms with Crippen molar-refractivity contribution in [3.05, 3.63) is 64.7 Å². The molecule has 2 N–H and O–H groups in total. The number of hydrogen-bond donors (Lipinski definition) is 2. The number of amides is 2. The second kappa shape index (κ2) is 9.40. The van der Waals surface area contributed by atoms with Crippen LogP contribution in [-0.2, 0) is 22.3 Å². The summed E-state index contributed by atoms with van der Waals surface area (Å²) < 4.78 is 54.9. The number of nitrogens with zero attached hydrogens (tertiary/aromatic N) is 4. The van der Waals surface area contributed by atoms with Crippen LogP contribution in [0.5, 0.6) is 0 Å². The minimum absolute atomic E-state index is 0.132. The van der Waals surface area contributed by atoms with E-state index in [4.69, 9.17) is 22.7 Å². The molecule has 2 aromatic rings. The first-order valence-electron chi connectivity index (χ1n) is 9.85. The molecule has 1 fully saturated rings. The Kier molecular flexibility index (Phi) is 6.91. The van der Waals surface area contributed by atoms with Gasteiger partial charge in [-0.15, -0.1) is 0 Å². The maximum atomic E-state index is 14.8. The van der Waals surface area contributed by atoms with E-state index >= 15 is 0 Å². The van der Waals surface area contributed by atoms with Crippen molar-refractivity contribution >= 4 is 40.9 Å². The summed E-state index contributed by atoms with van der Waals surface area (Å²) in [7, 11) is 0. The fraction of sp³-hybridized carbons (Fsp3) is 0.227. The SMILES string of the molecule is CC1(C)C(=O)N(c2cnc(C#N)c(C(F)(F)F)c2)C(=S)N1Cc1ccc(/C=C/C(=O)NO)cc1F. The lowest BCUT2D eigenvalue weighted by Crippen LogP contribution is -2.43. The molecule has 3 rings (SSSR count). The Morgan fingerprint density at radius 3 is 2.60 bits per heavy atom. The topological polar surface area (TPSA) is 110 Å². The number of hydroxylamine groups is 1. The van der Waals surface area contributed by atoms with E-state index in [0.717, 1.165) is 23.2 Å². The van der Waals surface area contributed by atoms with Gasteiger partial charge in [0.2, 0.25) is 0 Å². The summed E-state index contributed by atoms with van der Waals surface area (Å²) in [5.41, 5.74) is -1.91. The molecule has 0 radical (unpaired) electrons. The van der Waals surface area contributed by atoms with E-state index in [1.54, 1.807) is 0 Å². The minimum Gasteiger partial charge on any atom is -0.330 e. The van der Waals surface area contributed by atoms with Crippen LogP contribution in [0.15, 0.2) is 36.5 Å². The molecule has 2 heterocycles. The van der Waals surface area contributed by atoms with Gasteiger partial charge in [0.1, 0.15) is 17.4 Å². The molecule has 0 atom stereocenters. The molecular weight excluding hydrogens is 490 g/mol. The van der Waals surface area contributed by atoms with E-state index < -0.39 is 40.6 Å². The number of benzene rings is 1. The molecule has 1 aromatic heterocycles. The highest BCUT2D eigenvalue weighted by Crippen LogP contribution is 2.37. The van der Waals surface area contributed by atoms with Gasteiger partial charge in [0.05, 0.1) is 17.4 Å². The fourth-order valence-electron chi connectivity index (χ4n) is 3.38. The van der Waals surface area contributed by atoms with Crippen LogP contribution in [0.25, 0.3) is 6.08 Å². The lowest BCUT2D eigenvalue weighted by atomic mass is 10.0. The molecule has 1 aliphatic rings. The van der Waals surface area contributed by atoms with Crippen molar-refractivity contribution in [2.75, 3.05) is 4.90 Å². The van der Waals surface area contributed by atoms with Crippen molar-refractivity contribution in [1.82, 2.24) is 15.4 Å². The number of rotatable bonds is 5. The zero-order chi connectivity index (χ0) is 26.1. The molecule has 8 nitrogen and oxygen atoms in total. The molecule has 0 saturated carbocycles. The summed E-state index contributed by atoms with van der Waals surface area (Å²) in [5.74, 6) is -2.14. The van der Waals surface area contributed by atoms with Crippen molar-refractivity contribution in [1.29, 1.82) is 5.26 Å². The van der Waals surface area contributed by atoms with E-state index in [9.17, 15) is 27.2 Å². The normalized spacial score (nSPS) is 15.6. The van der Waals surface area contributed by atoms with Crippen molar-refractivity contribution in [3.8, 4) is 6.07 Å². The number of hydrogen-bond acceptors (Lipinski definition) is 6. The number of nitriles is 1. The molecule has 0 bridgehead atoms. The second-order valence-electron chi connectivity index (χ2n) is 7.93. The molecular formula is C22H17F4N5O3S. The highest BCUT2D eigenvalue weighted by molar-refractivity contribution is 7.80. The Balaban J connectivity index is 1.94. The van der Waals surface area contributed by atoms with E-state index in [0.29, 0.717) is 11.6 Å². The smallest absolute Gasteiger partial charge is 0.330 e. The Bertz CT molecular complexity index is 1290. The van der Waals surface area contributed by atoms with E-state index in [-0.39, 0.29) is 22.9 Å². The van der Waals surface area contributed by atoms with Crippen molar-refractivity contribution < 1.29 is 32.4 Å². The average Bonchev–Trinajstić information content (AvgIpc) is 2.96. The number of nitrogens with one attached hydrogen (secondary N) is 1. The van der Waals surface area contributed by atoms with Crippen molar-refractivity contribution in [3.63, 3.8) is 0 Å². The van der Waals surface area contributed by atoms with E-state index in [2.05, 4.69) is 4.98 Å². The molecule has 13 heteroatoms. The van der Waals surface area contributed by atoms with Crippen LogP contribution in [0.1, 0.15) is 36.2 Å². The molecule has 1 aromatic carbocycles. The van der Waals surface area contributed by atoms with Gasteiger partial charge < -0.3 is 4.90 Å². The Labute approximate surface area is 202 Å². The number of thiocarbonyl (C=S) groups is 1. The molecule has 0 unspecified atom stereocenters. The lowest BCUT2D eigenvalue weighted by Gasteiger charge is -2.29. The van der Waals surface area contributed by atoms with E-state index in [1.807, 2.05) is 0 Å². The van der Waals surface area contributed by atoms with Gasteiger partial charge in [0.25, 0.3) is 11.8 Å². The molecule has 2 amide bonds. The number of halogens is 4. The van der Waals surface area contributed by atoms with Gasteiger partial charge in [-0.2, -0.15) is 18.4 Å². The summed E-state index contributed by atoms with van der Waals surface area (Å²) in [6.45, 7) is 2.80. The summed E-state index contributed by atoms with van der Waals surface area (Å²) in [6.07, 6.45) is -1.68. The van der Waals surface area contributed by atoms with Crippen LogP contribution in [0.4, 0.5) is 23.2 Å². The number of pyridine rings is 1. The number of anilines is 1. The van der Waals surface area contributed by atoms with Crippen LogP contribution < -0.4 is 10.4 Å². The molecule has 1 saturated heterocycles. The third kappa shape index (κ3) is 4.98. The molecule has 1 aliphatic heterocycles. The zero-order valence-electron chi connectivity index (χ0n) is 18.2. The second-order valence-corrected chi connectivity index (χ2v) is 8.29. The quantitative estimate of drug-likeness (QED) is 0.210. The Morgan fingerprint density at radius 1 is 1.34 bits per heavy atom. The van der Waals surface area contributed by atoms with E-state index in [1.165, 1.54) is 48.5 Å². The van der Waals surface area contributed by atoms with Crippen LogP contribution in [0.3, 0.4) is 0 Å². The molecule has 182 valence electrons. The summed E-state index contributed by atoms with van der Waals surface area (Å²) in [6, 6.07) is 6.02. The summed E-state index contributed by atoms with van der Waals surface area (Å²) in [5, 5.41) is 17.3. The van der Waals surface area contributed by atoms with Gasteiger partial charge in [-0.25, -0.2) is 14.9 Å². The Hall–Kier alpha value is -3.89. The number of aromatic nitrogens is 1. The van der Waals surface area contributed by atoms with Crippen molar-refractivity contribution in [2.45, 2.75) is 32.1 Å². The maximum absolute atomic E-state index is 14.8. The van der Waals surface area contributed by atoms with Crippen LogP contribution >= 0.6 is 12.2 Å². The highest BCUT2D eigenvalue weighted by atomic mass is 32.1. The predicted octanol–water partition coefficient (Wildman–Crippen LogP) is 3.54. The van der Waals surface area contributed by atoms with Gasteiger partial charge >= 0.3 is 6.18 Å². The third-order valence-electron chi connectivity index (χ3n) is 5.31.